The summed E-state index contributed by atoms with van der Waals surface area (Å²) in [7, 11) is -3.60. The van der Waals surface area contributed by atoms with Crippen LogP contribution in [0.3, 0.4) is 0 Å². The normalized spacial score (nSPS) is 11.3. The molecular formula is C17H25ClN4O3S2. The number of anilines is 1. The maximum absolute atomic E-state index is 12.8. The summed E-state index contributed by atoms with van der Waals surface area (Å²) in [6, 6.07) is 4.86. The lowest BCUT2D eigenvalue weighted by Crippen LogP contribution is -2.31. The second-order valence-electron chi connectivity index (χ2n) is 5.69. The van der Waals surface area contributed by atoms with E-state index in [-0.39, 0.29) is 23.2 Å². The summed E-state index contributed by atoms with van der Waals surface area (Å²) >= 11 is 1.38. The van der Waals surface area contributed by atoms with E-state index in [1.807, 2.05) is 0 Å². The van der Waals surface area contributed by atoms with Crippen molar-refractivity contribution in [1.82, 2.24) is 9.29 Å². The largest absolute Gasteiger partial charge is 0.330 e. The SMILES string of the molecule is CCN(CC)S(=O)(=O)c1cc(NC(=O)c2csc(CCN)n2)ccc1C.Cl. The number of rotatable bonds is 8. The lowest BCUT2D eigenvalue weighted by Gasteiger charge is -2.20. The summed E-state index contributed by atoms with van der Waals surface area (Å²) < 4.78 is 27.0. The van der Waals surface area contributed by atoms with Crippen LogP contribution in [0.5, 0.6) is 0 Å². The van der Waals surface area contributed by atoms with Gasteiger partial charge in [0.15, 0.2) is 0 Å². The van der Waals surface area contributed by atoms with Gasteiger partial charge in [-0.15, -0.1) is 23.7 Å². The highest BCUT2D eigenvalue weighted by molar-refractivity contribution is 7.89. The first-order valence-corrected chi connectivity index (χ1v) is 10.7. The lowest BCUT2D eigenvalue weighted by atomic mass is 10.2. The average Bonchev–Trinajstić information content (AvgIpc) is 3.06. The van der Waals surface area contributed by atoms with Crippen molar-refractivity contribution < 1.29 is 13.2 Å². The number of benzene rings is 1. The van der Waals surface area contributed by atoms with Gasteiger partial charge in [0.2, 0.25) is 10.0 Å². The zero-order valence-corrected chi connectivity index (χ0v) is 18.0. The Bertz CT molecular complexity index is 880. The Balaban J connectivity index is 0.00000364. The van der Waals surface area contributed by atoms with Gasteiger partial charge in [0.05, 0.1) is 9.90 Å². The molecule has 1 amide bonds. The van der Waals surface area contributed by atoms with Crippen LogP contribution in [0.1, 0.15) is 34.9 Å². The first-order chi connectivity index (χ1) is 12.3. The Morgan fingerprint density at radius 1 is 1.30 bits per heavy atom. The lowest BCUT2D eigenvalue weighted by molar-refractivity contribution is 0.102. The zero-order chi connectivity index (χ0) is 19.3. The Morgan fingerprint density at radius 2 is 1.96 bits per heavy atom. The van der Waals surface area contributed by atoms with Crippen molar-refractivity contribution in [3.8, 4) is 0 Å². The molecule has 0 fully saturated rings. The maximum atomic E-state index is 12.8. The molecule has 2 aromatic rings. The zero-order valence-electron chi connectivity index (χ0n) is 15.6. The van der Waals surface area contributed by atoms with E-state index in [2.05, 4.69) is 10.3 Å². The van der Waals surface area contributed by atoms with Crippen LogP contribution in [-0.2, 0) is 16.4 Å². The topological polar surface area (TPSA) is 105 Å². The fraction of sp³-hybridized carbons (Fsp3) is 0.412. The van der Waals surface area contributed by atoms with E-state index in [9.17, 15) is 13.2 Å². The number of amides is 1. The van der Waals surface area contributed by atoms with Gasteiger partial charge in [-0.1, -0.05) is 19.9 Å². The van der Waals surface area contributed by atoms with E-state index in [4.69, 9.17) is 5.73 Å². The van der Waals surface area contributed by atoms with Crippen molar-refractivity contribution >= 4 is 45.4 Å². The Morgan fingerprint density at radius 3 is 2.56 bits per heavy atom. The van der Waals surface area contributed by atoms with Gasteiger partial charge in [-0.2, -0.15) is 4.31 Å². The molecule has 2 rings (SSSR count). The summed E-state index contributed by atoms with van der Waals surface area (Å²) in [5.74, 6) is -0.375. The predicted octanol–water partition coefficient (Wildman–Crippen LogP) is 2.66. The average molecular weight is 433 g/mol. The number of aryl methyl sites for hydroxylation is 1. The molecule has 0 aliphatic carbocycles. The van der Waals surface area contributed by atoms with Crippen LogP contribution >= 0.6 is 23.7 Å². The molecule has 1 heterocycles. The van der Waals surface area contributed by atoms with Gasteiger partial charge in [-0.05, 0) is 31.2 Å². The minimum atomic E-state index is -3.60. The van der Waals surface area contributed by atoms with Crippen LogP contribution in [-0.4, -0.2) is 43.2 Å². The Hall–Kier alpha value is -1.52. The van der Waals surface area contributed by atoms with Crippen LogP contribution in [0.15, 0.2) is 28.5 Å². The predicted molar refractivity (Wildman–Crippen MR) is 111 cm³/mol. The number of carbonyl (C=O) groups is 1. The fourth-order valence-electron chi connectivity index (χ4n) is 2.51. The summed E-state index contributed by atoms with van der Waals surface area (Å²) in [5.41, 5.74) is 6.84. The van der Waals surface area contributed by atoms with Crippen molar-refractivity contribution in [3.63, 3.8) is 0 Å². The highest BCUT2D eigenvalue weighted by Gasteiger charge is 2.24. The van der Waals surface area contributed by atoms with Crippen molar-refractivity contribution in [2.75, 3.05) is 25.0 Å². The molecule has 0 spiro atoms. The van der Waals surface area contributed by atoms with E-state index in [0.717, 1.165) is 5.01 Å². The van der Waals surface area contributed by atoms with Crippen molar-refractivity contribution in [2.45, 2.75) is 32.1 Å². The van der Waals surface area contributed by atoms with Crippen LogP contribution in [0.4, 0.5) is 5.69 Å². The van der Waals surface area contributed by atoms with E-state index < -0.39 is 10.0 Å². The Kier molecular flexibility index (Phi) is 8.83. The summed E-state index contributed by atoms with van der Waals surface area (Å²) in [6.07, 6.45) is 0.620. The number of aromatic nitrogens is 1. The van der Waals surface area contributed by atoms with Gasteiger partial charge >= 0.3 is 0 Å². The molecule has 150 valence electrons. The molecule has 7 nitrogen and oxygen atoms in total. The van der Waals surface area contributed by atoms with Gasteiger partial charge < -0.3 is 11.1 Å². The van der Waals surface area contributed by atoms with Crippen molar-refractivity contribution in [2.24, 2.45) is 5.73 Å². The highest BCUT2D eigenvalue weighted by atomic mass is 35.5. The second-order valence-corrected chi connectivity index (χ2v) is 8.54. The number of nitrogens with zero attached hydrogens (tertiary/aromatic N) is 2. The molecule has 0 bridgehead atoms. The van der Waals surface area contributed by atoms with Crippen molar-refractivity contribution in [1.29, 1.82) is 0 Å². The molecule has 0 aliphatic heterocycles. The first-order valence-electron chi connectivity index (χ1n) is 8.40. The monoisotopic (exact) mass is 432 g/mol. The number of halogens is 1. The molecule has 27 heavy (non-hydrogen) atoms. The first kappa shape index (κ1) is 23.5. The number of hydrogen-bond donors (Lipinski definition) is 2. The third-order valence-electron chi connectivity index (χ3n) is 3.91. The molecule has 0 saturated heterocycles. The smallest absolute Gasteiger partial charge is 0.275 e. The fourth-order valence-corrected chi connectivity index (χ4v) is 5.01. The van der Waals surface area contributed by atoms with Gasteiger partial charge in [0.25, 0.3) is 5.91 Å². The number of carbonyl (C=O) groups excluding carboxylic acids is 1. The molecular weight excluding hydrogens is 408 g/mol. The summed E-state index contributed by atoms with van der Waals surface area (Å²) in [5, 5.41) is 5.19. The van der Waals surface area contributed by atoms with E-state index in [0.29, 0.717) is 43.0 Å². The molecule has 0 unspecified atom stereocenters. The van der Waals surface area contributed by atoms with Gasteiger partial charge in [0.1, 0.15) is 5.69 Å². The molecule has 3 N–H and O–H groups in total. The molecule has 1 aromatic heterocycles. The van der Waals surface area contributed by atoms with Crippen LogP contribution < -0.4 is 11.1 Å². The van der Waals surface area contributed by atoms with Crippen LogP contribution in [0.25, 0.3) is 0 Å². The quantitative estimate of drug-likeness (QED) is 0.667. The van der Waals surface area contributed by atoms with E-state index in [1.165, 1.54) is 21.7 Å². The van der Waals surface area contributed by atoms with Gasteiger partial charge in [-0.25, -0.2) is 13.4 Å². The van der Waals surface area contributed by atoms with E-state index in [1.54, 1.807) is 38.3 Å². The summed E-state index contributed by atoms with van der Waals surface area (Å²) in [6.45, 7) is 6.57. The standard InChI is InChI=1S/C17H24N4O3S2.ClH/c1-4-21(5-2)26(23,24)15-10-13(7-6-12(15)3)19-17(22)14-11-25-16(20-14)8-9-18;/h6-7,10-11H,4-5,8-9,18H2,1-3H3,(H,19,22);1H. The molecule has 0 saturated carbocycles. The Labute approximate surface area is 170 Å². The number of nitrogens with two attached hydrogens (primary N) is 1. The number of hydrogen-bond acceptors (Lipinski definition) is 6. The molecule has 0 atom stereocenters. The van der Waals surface area contributed by atoms with E-state index >= 15 is 0 Å². The maximum Gasteiger partial charge on any atom is 0.275 e. The second kappa shape index (κ2) is 10.1. The number of thiazole rings is 1. The number of nitrogens with one attached hydrogen (secondary N) is 1. The molecule has 1 aromatic carbocycles. The molecule has 0 aliphatic rings. The summed E-state index contributed by atoms with van der Waals surface area (Å²) in [4.78, 5) is 16.8. The van der Waals surface area contributed by atoms with Crippen LogP contribution in [0.2, 0.25) is 0 Å². The molecule has 10 heteroatoms. The minimum absolute atomic E-state index is 0. The molecule has 0 radical (unpaired) electrons. The third-order valence-corrected chi connectivity index (χ3v) is 7.01. The third kappa shape index (κ3) is 5.49. The van der Waals surface area contributed by atoms with Gasteiger partial charge in [-0.3, -0.25) is 4.79 Å². The minimum Gasteiger partial charge on any atom is -0.330 e. The highest BCUT2D eigenvalue weighted by Crippen LogP contribution is 2.24. The van der Waals surface area contributed by atoms with Crippen molar-refractivity contribution in [3.05, 3.63) is 39.8 Å². The van der Waals surface area contributed by atoms with Gasteiger partial charge in [0, 0.05) is 30.6 Å². The number of sulfonamides is 1. The van der Waals surface area contributed by atoms with Crippen LogP contribution in [0, 0.1) is 6.92 Å².